The first-order valence-electron chi connectivity index (χ1n) is 8.10. The van der Waals surface area contributed by atoms with Gasteiger partial charge in [0.05, 0.1) is 4.90 Å². The van der Waals surface area contributed by atoms with Crippen molar-refractivity contribution in [2.24, 2.45) is 0 Å². The van der Waals surface area contributed by atoms with Crippen molar-refractivity contribution in [3.8, 4) is 0 Å². The van der Waals surface area contributed by atoms with Gasteiger partial charge in [0.1, 0.15) is 11.6 Å². The van der Waals surface area contributed by atoms with Crippen LogP contribution in [0.3, 0.4) is 0 Å². The van der Waals surface area contributed by atoms with E-state index in [1.165, 1.54) is 25.3 Å². The normalized spacial score (nSPS) is 15.4. The second-order valence-corrected chi connectivity index (χ2v) is 8.56. The molecule has 1 N–H and O–H groups in total. The maximum absolute atomic E-state index is 13.1. The predicted molar refractivity (Wildman–Crippen MR) is 98.4 cm³/mol. The quantitative estimate of drug-likeness (QED) is 0.793. The van der Waals surface area contributed by atoms with Crippen LogP contribution in [0.4, 0.5) is 10.2 Å². The van der Waals surface area contributed by atoms with Crippen LogP contribution >= 0.6 is 15.9 Å². The third-order valence-electron chi connectivity index (χ3n) is 4.14. The Bertz CT molecular complexity index is 837. The average Bonchev–Trinajstić information content (AvgIpc) is 2.61. The second kappa shape index (κ2) is 7.80. The Morgan fingerprint density at radius 1 is 1.16 bits per heavy atom. The van der Waals surface area contributed by atoms with Gasteiger partial charge in [0, 0.05) is 30.3 Å². The van der Waals surface area contributed by atoms with E-state index in [-0.39, 0.29) is 15.9 Å². The summed E-state index contributed by atoms with van der Waals surface area (Å²) in [6.45, 7) is 2.15. The molecule has 1 aliphatic heterocycles. The summed E-state index contributed by atoms with van der Waals surface area (Å²) >= 11 is 3.09. The van der Waals surface area contributed by atoms with Gasteiger partial charge in [0.2, 0.25) is 10.0 Å². The van der Waals surface area contributed by atoms with E-state index in [2.05, 4.69) is 30.5 Å². The Labute approximate surface area is 155 Å². The SMILES string of the molecule is O=S(=O)(NCc1ccc(N2CCCCC2)nc1)c1ccc(F)cc1Br. The molecule has 5 nitrogen and oxygen atoms in total. The van der Waals surface area contributed by atoms with Gasteiger partial charge in [0.15, 0.2) is 0 Å². The third-order valence-corrected chi connectivity index (χ3v) is 6.52. The molecule has 1 aromatic heterocycles. The fourth-order valence-corrected chi connectivity index (χ4v) is 4.85. The highest BCUT2D eigenvalue weighted by Crippen LogP contribution is 2.23. The van der Waals surface area contributed by atoms with Gasteiger partial charge in [-0.15, -0.1) is 0 Å². The minimum absolute atomic E-state index is 0.00629. The monoisotopic (exact) mass is 427 g/mol. The van der Waals surface area contributed by atoms with E-state index < -0.39 is 15.8 Å². The fraction of sp³-hybridized carbons (Fsp3) is 0.353. The van der Waals surface area contributed by atoms with E-state index in [1.54, 1.807) is 6.20 Å². The summed E-state index contributed by atoms with van der Waals surface area (Å²) in [5, 5.41) is 0. The first-order valence-corrected chi connectivity index (χ1v) is 10.4. The number of hydrogen-bond donors (Lipinski definition) is 1. The van der Waals surface area contributed by atoms with Crippen molar-refractivity contribution >= 4 is 31.8 Å². The van der Waals surface area contributed by atoms with Crippen LogP contribution in [0.25, 0.3) is 0 Å². The van der Waals surface area contributed by atoms with Gasteiger partial charge in [-0.2, -0.15) is 0 Å². The van der Waals surface area contributed by atoms with Crippen molar-refractivity contribution in [2.75, 3.05) is 18.0 Å². The van der Waals surface area contributed by atoms with E-state index >= 15 is 0 Å². The van der Waals surface area contributed by atoms with E-state index in [4.69, 9.17) is 0 Å². The Hall–Kier alpha value is -1.51. The molecule has 1 aromatic carbocycles. The summed E-state index contributed by atoms with van der Waals surface area (Å²) in [7, 11) is -3.74. The summed E-state index contributed by atoms with van der Waals surface area (Å²) in [6, 6.07) is 7.28. The van der Waals surface area contributed by atoms with Gasteiger partial charge in [-0.3, -0.25) is 0 Å². The lowest BCUT2D eigenvalue weighted by Crippen LogP contribution is -2.30. The molecule has 0 unspecified atom stereocenters. The number of nitrogens with zero attached hydrogens (tertiary/aromatic N) is 2. The lowest BCUT2D eigenvalue weighted by Gasteiger charge is -2.27. The molecule has 1 fully saturated rings. The molecule has 134 valence electrons. The van der Waals surface area contributed by atoms with Gasteiger partial charge in [-0.1, -0.05) is 6.07 Å². The molecule has 2 aromatic rings. The van der Waals surface area contributed by atoms with Crippen LogP contribution in [0.15, 0.2) is 45.9 Å². The summed E-state index contributed by atoms with van der Waals surface area (Å²) < 4.78 is 40.5. The predicted octanol–water partition coefficient (Wildman–Crippen LogP) is 3.45. The van der Waals surface area contributed by atoms with Crippen molar-refractivity contribution in [1.82, 2.24) is 9.71 Å². The Morgan fingerprint density at radius 3 is 2.56 bits per heavy atom. The van der Waals surface area contributed by atoms with E-state index in [0.29, 0.717) is 0 Å². The highest BCUT2D eigenvalue weighted by Gasteiger charge is 2.18. The van der Waals surface area contributed by atoms with Crippen LogP contribution in [0.5, 0.6) is 0 Å². The minimum Gasteiger partial charge on any atom is -0.357 e. The smallest absolute Gasteiger partial charge is 0.241 e. The largest absolute Gasteiger partial charge is 0.357 e. The average molecular weight is 428 g/mol. The molecule has 0 amide bonds. The third kappa shape index (κ3) is 4.56. The first-order chi connectivity index (χ1) is 12.0. The summed E-state index contributed by atoms with van der Waals surface area (Å²) in [6.07, 6.45) is 5.30. The second-order valence-electron chi connectivity index (χ2n) is 5.97. The summed E-state index contributed by atoms with van der Waals surface area (Å²) in [5.41, 5.74) is 0.766. The summed E-state index contributed by atoms with van der Waals surface area (Å²) in [4.78, 5) is 6.69. The maximum Gasteiger partial charge on any atom is 0.241 e. The molecule has 0 atom stereocenters. The van der Waals surface area contributed by atoms with Crippen molar-refractivity contribution in [3.05, 3.63) is 52.4 Å². The molecule has 25 heavy (non-hydrogen) atoms. The Morgan fingerprint density at radius 2 is 1.92 bits per heavy atom. The van der Waals surface area contributed by atoms with Gasteiger partial charge in [0.25, 0.3) is 0 Å². The van der Waals surface area contributed by atoms with Gasteiger partial charge >= 0.3 is 0 Å². The van der Waals surface area contributed by atoms with Crippen LogP contribution in [-0.2, 0) is 16.6 Å². The molecule has 1 aliphatic rings. The molecule has 1 saturated heterocycles. The summed E-state index contributed by atoms with van der Waals surface area (Å²) in [5.74, 6) is 0.427. The van der Waals surface area contributed by atoms with Gasteiger partial charge in [-0.05, 0) is 65.0 Å². The number of hydrogen-bond acceptors (Lipinski definition) is 4. The Balaban J connectivity index is 1.66. The number of aromatic nitrogens is 1. The standard InChI is InChI=1S/C17H19BrFN3O2S/c18-15-10-14(19)5-6-16(15)25(23,24)21-12-13-4-7-17(20-11-13)22-8-2-1-3-9-22/h4-7,10-11,21H,1-3,8-9,12H2. The zero-order chi connectivity index (χ0) is 17.9. The van der Waals surface area contributed by atoms with Crippen molar-refractivity contribution in [2.45, 2.75) is 30.7 Å². The maximum atomic E-state index is 13.1. The molecule has 0 bridgehead atoms. The number of anilines is 1. The lowest BCUT2D eigenvalue weighted by molar-refractivity contribution is 0.573. The molecule has 8 heteroatoms. The number of halogens is 2. The Kier molecular flexibility index (Phi) is 5.71. The highest BCUT2D eigenvalue weighted by molar-refractivity contribution is 9.10. The zero-order valence-electron chi connectivity index (χ0n) is 13.6. The number of rotatable bonds is 5. The van der Waals surface area contributed by atoms with Gasteiger partial charge < -0.3 is 4.90 Å². The first kappa shape index (κ1) is 18.3. The molecule has 2 heterocycles. The molecule has 3 rings (SSSR count). The van der Waals surface area contributed by atoms with Crippen LogP contribution in [0, 0.1) is 5.82 Å². The lowest BCUT2D eigenvalue weighted by atomic mass is 10.1. The van der Waals surface area contributed by atoms with E-state index in [1.807, 2.05) is 12.1 Å². The van der Waals surface area contributed by atoms with Crippen LogP contribution in [-0.4, -0.2) is 26.5 Å². The fourth-order valence-electron chi connectivity index (χ4n) is 2.78. The number of pyridine rings is 1. The van der Waals surface area contributed by atoms with E-state index in [9.17, 15) is 12.8 Å². The molecular formula is C17H19BrFN3O2S. The van der Waals surface area contributed by atoms with E-state index in [0.717, 1.165) is 36.6 Å². The number of piperidine rings is 1. The van der Waals surface area contributed by atoms with Crippen molar-refractivity contribution in [3.63, 3.8) is 0 Å². The number of sulfonamides is 1. The molecular weight excluding hydrogens is 409 g/mol. The molecule has 0 radical (unpaired) electrons. The van der Waals surface area contributed by atoms with Crippen LogP contribution < -0.4 is 9.62 Å². The van der Waals surface area contributed by atoms with Crippen molar-refractivity contribution < 1.29 is 12.8 Å². The molecule has 0 aliphatic carbocycles. The molecule has 0 spiro atoms. The van der Waals surface area contributed by atoms with Crippen LogP contribution in [0.1, 0.15) is 24.8 Å². The zero-order valence-corrected chi connectivity index (χ0v) is 16.0. The molecule has 0 saturated carbocycles. The highest BCUT2D eigenvalue weighted by atomic mass is 79.9. The van der Waals surface area contributed by atoms with Crippen molar-refractivity contribution in [1.29, 1.82) is 0 Å². The number of benzene rings is 1. The van der Waals surface area contributed by atoms with Crippen LogP contribution in [0.2, 0.25) is 0 Å². The number of nitrogens with one attached hydrogen (secondary N) is 1. The topological polar surface area (TPSA) is 62.3 Å². The minimum atomic E-state index is -3.74. The van der Waals surface area contributed by atoms with Gasteiger partial charge in [-0.25, -0.2) is 22.5 Å².